The largest absolute Gasteiger partial charge is 0.484 e. The number of nitrogens with zero attached hydrogens (tertiary/aromatic N) is 1. The van der Waals surface area contributed by atoms with Gasteiger partial charge in [0.25, 0.3) is 5.91 Å². The van der Waals surface area contributed by atoms with Crippen LogP contribution in [0.5, 0.6) is 5.75 Å². The third-order valence-electron chi connectivity index (χ3n) is 5.34. The number of ketones is 1. The van der Waals surface area contributed by atoms with Crippen LogP contribution in [0.25, 0.3) is 0 Å². The Kier molecular flexibility index (Phi) is 7.99. The van der Waals surface area contributed by atoms with E-state index in [9.17, 15) is 14.7 Å². The van der Waals surface area contributed by atoms with E-state index in [1.807, 2.05) is 19.1 Å². The highest BCUT2D eigenvalue weighted by Crippen LogP contribution is 2.15. The Morgan fingerprint density at radius 3 is 2.30 bits per heavy atom. The molecule has 2 aromatic carbocycles. The number of benzene rings is 2. The molecule has 0 saturated carbocycles. The van der Waals surface area contributed by atoms with Gasteiger partial charge in [-0.15, -0.1) is 0 Å². The predicted molar refractivity (Wildman–Crippen MR) is 115 cm³/mol. The van der Waals surface area contributed by atoms with Crippen LogP contribution in [0.15, 0.2) is 48.5 Å². The van der Waals surface area contributed by atoms with E-state index in [0.717, 1.165) is 38.0 Å². The van der Waals surface area contributed by atoms with E-state index in [0.29, 0.717) is 24.3 Å². The highest BCUT2D eigenvalue weighted by molar-refractivity contribution is 5.95. The molecule has 6 nitrogen and oxygen atoms in total. The van der Waals surface area contributed by atoms with Crippen LogP contribution in [0.4, 0.5) is 0 Å². The fourth-order valence-electron chi connectivity index (χ4n) is 3.44. The van der Waals surface area contributed by atoms with Gasteiger partial charge < -0.3 is 15.2 Å². The second kappa shape index (κ2) is 10.9. The van der Waals surface area contributed by atoms with Crippen molar-refractivity contribution in [3.8, 4) is 5.75 Å². The second-order valence-electron chi connectivity index (χ2n) is 7.69. The maximum atomic E-state index is 12.0. The van der Waals surface area contributed by atoms with Crippen LogP contribution in [0.3, 0.4) is 0 Å². The number of hydrogen-bond acceptors (Lipinski definition) is 5. The van der Waals surface area contributed by atoms with Crippen molar-refractivity contribution in [3.63, 3.8) is 0 Å². The molecule has 0 bridgehead atoms. The van der Waals surface area contributed by atoms with Gasteiger partial charge >= 0.3 is 0 Å². The zero-order valence-electron chi connectivity index (χ0n) is 17.5. The highest BCUT2D eigenvalue weighted by Gasteiger charge is 2.16. The van der Waals surface area contributed by atoms with Gasteiger partial charge in [-0.1, -0.05) is 31.2 Å². The molecule has 2 N–H and O–H groups in total. The van der Waals surface area contributed by atoms with Crippen LogP contribution in [-0.2, 0) is 17.9 Å². The average Bonchev–Trinajstić information content (AvgIpc) is 2.78. The summed E-state index contributed by atoms with van der Waals surface area (Å²) in [5.41, 5.74) is 2.91. The average molecular weight is 411 g/mol. The quantitative estimate of drug-likeness (QED) is 0.622. The van der Waals surface area contributed by atoms with E-state index in [1.54, 1.807) is 24.3 Å². The number of likely N-dealkylation sites (tertiary alicyclic amines) is 1. The molecule has 1 aliphatic heterocycles. The molecular weight excluding hydrogens is 380 g/mol. The summed E-state index contributed by atoms with van der Waals surface area (Å²) in [5, 5.41) is 12.5. The maximum absolute atomic E-state index is 12.0. The van der Waals surface area contributed by atoms with Crippen LogP contribution < -0.4 is 10.1 Å². The van der Waals surface area contributed by atoms with E-state index in [-0.39, 0.29) is 24.4 Å². The summed E-state index contributed by atoms with van der Waals surface area (Å²) in [6, 6.07) is 15.1. The number of aliphatic hydroxyl groups excluding tert-OH is 1. The van der Waals surface area contributed by atoms with Crippen LogP contribution in [0.1, 0.15) is 47.7 Å². The number of carbonyl (C=O) groups is 2. The molecule has 0 radical (unpaired) electrons. The van der Waals surface area contributed by atoms with Gasteiger partial charge in [-0.25, -0.2) is 0 Å². The van der Waals surface area contributed by atoms with Gasteiger partial charge in [0.2, 0.25) is 0 Å². The molecule has 6 heteroatoms. The molecule has 0 unspecified atom stereocenters. The third kappa shape index (κ3) is 6.68. The van der Waals surface area contributed by atoms with Crippen molar-refractivity contribution in [2.24, 2.45) is 0 Å². The van der Waals surface area contributed by atoms with Crippen LogP contribution >= 0.6 is 0 Å². The molecule has 160 valence electrons. The van der Waals surface area contributed by atoms with Crippen LogP contribution in [-0.4, -0.2) is 47.5 Å². The normalized spacial score (nSPS) is 15.0. The summed E-state index contributed by atoms with van der Waals surface area (Å²) in [5.74, 6) is 0.451. The molecule has 0 atom stereocenters. The minimum atomic E-state index is -0.195. The number of nitrogens with one attached hydrogen (secondary N) is 1. The minimum Gasteiger partial charge on any atom is -0.484 e. The molecule has 1 heterocycles. The number of piperidine rings is 1. The molecule has 1 amide bonds. The lowest BCUT2D eigenvalue weighted by Gasteiger charge is -2.29. The second-order valence-corrected chi connectivity index (χ2v) is 7.69. The van der Waals surface area contributed by atoms with Crippen molar-refractivity contribution in [1.29, 1.82) is 0 Å². The monoisotopic (exact) mass is 410 g/mol. The SMILES string of the molecule is CCC(=O)c1ccc(OCC(=O)NCc2ccc(CN3CCC(O)CC3)cc2)cc1. The first-order chi connectivity index (χ1) is 14.5. The van der Waals surface area contributed by atoms with Gasteiger partial charge in [0.1, 0.15) is 5.75 Å². The lowest BCUT2D eigenvalue weighted by molar-refractivity contribution is -0.123. The zero-order chi connectivity index (χ0) is 21.3. The van der Waals surface area contributed by atoms with Crippen molar-refractivity contribution in [2.45, 2.75) is 45.4 Å². The molecule has 0 aromatic heterocycles. The first-order valence-electron chi connectivity index (χ1n) is 10.5. The number of aliphatic hydroxyl groups is 1. The van der Waals surface area contributed by atoms with E-state index in [2.05, 4.69) is 22.3 Å². The minimum absolute atomic E-state index is 0.0695. The molecule has 0 aliphatic carbocycles. The number of Topliss-reactive ketones (excluding diaryl/α,β-unsaturated/α-hetero) is 1. The number of hydrogen-bond donors (Lipinski definition) is 2. The van der Waals surface area contributed by atoms with Gasteiger partial charge in [-0.2, -0.15) is 0 Å². The van der Waals surface area contributed by atoms with Crippen molar-refractivity contribution in [3.05, 3.63) is 65.2 Å². The summed E-state index contributed by atoms with van der Waals surface area (Å²) in [4.78, 5) is 26.0. The maximum Gasteiger partial charge on any atom is 0.258 e. The number of ether oxygens (including phenoxy) is 1. The molecule has 1 aliphatic rings. The molecular formula is C24H30N2O4. The molecule has 3 rings (SSSR count). The number of carbonyl (C=O) groups excluding carboxylic acids is 2. The Morgan fingerprint density at radius 1 is 1.03 bits per heavy atom. The summed E-state index contributed by atoms with van der Waals surface area (Å²) in [7, 11) is 0. The molecule has 2 aromatic rings. The summed E-state index contributed by atoms with van der Waals surface area (Å²) >= 11 is 0. The van der Waals surface area contributed by atoms with E-state index in [1.165, 1.54) is 5.56 Å². The Hall–Kier alpha value is -2.70. The lowest BCUT2D eigenvalue weighted by Crippen LogP contribution is -2.35. The molecule has 0 spiro atoms. The summed E-state index contributed by atoms with van der Waals surface area (Å²) in [6.45, 7) is 4.94. The van der Waals surface area contributed by atoms with E-state index in [4.69, 9.17) is 4.74 Å². The van der Waals surface area contributed by atoms with Gasteiger partial charge in [-0.05, 0) is 48.2 Å². The van der Waals surface area contributed by atoms with Crippen molar-refractivity contribution < 1.29 is 19.4 Å². The first kappa shape index (κ1) is 22.0. The fourth-order valence-corrected chi connectivity index (χ4v) is 3.44. The topological polar surface area (TPSA) is 78.9 Å². The lowest BCUT2D eigenvalue weighted by atomic mass is 10.1. The Morgan fingerprint density at radius 2 is 1.67 bits per heavy atom. The first-order valence-corrected chi connectivity index (χ1v) is 10.5. The van der Waals surface area contributed by atoms with Crippen molar-refractivity contribution >= 4 is 11.7 Å². The molecule has 30 heavy (non-hydrogen) atoms. The van der Waals surface area contributed by atoms with Gasteiger partial charge in [0.15, 0.2) is 12.4 Å². The van der Waals surface area contributed by atoms with Crippen LogP contribution in [0, 0.1) is 0 Å². The Labute approximate surface area is 177 Å². The Bertz CT molecular complexity index is 825. The zero-order valence-corrected chi connectivity index (χ0v) is 17.5. The summed E-state index contributed by atoms with van der Waals surface area (Å²) < 4.78 is 5.49. The fraction of sp³-hybridized carbons (Fsp3) is 0.417. The third-order valence-corrected chi connectivity index (χ3v) is 5.34. The van der Waals surface area contributed by atoms with Gasteiger partial charge in [0, 0.05) is 38.2 Å². The van der Waals surface area contributed by atoms with E-state index < -0.39 is 0 Å². The smallest absolute Gasteiger partial charge is 0.258 e. The molecule has 1 fully saturated rings. The summed E-state index contributed by atoms with van der Waals surface area (Å²) in [6.07, 6.45) is 1.99. The standard InChI is InChI=1S/C24H30N2O4/c1-2-23(28)20-7-9-22(10-8-20)30-17-24(29)25-15-18-3-5-19(6-4-18)16-26-13-11-21(27)12-14-26/h3-10,21,27H,2,11-17H2,1H3,(H,25,29). The predicted octanol–water partition coefficient (Wildman–Crippen LogP) is 2.93. The van der Waals surface area contributed by atoms with Gasteiger partial charge in [0.05, 0.1) is 6.10 Å². The molecule has 1 saturated heterocycles. The number of amides is 1. The highest BCUT2D eigenvalue weighted by atomic mass is 16.5. The van der Waals surface area contributed by atoms with Crippen molar-refractivity contribution in [1.82, 2.24) is 10.2 Å². The number of rotatable bonds is 9. The van der Waals surface area contributed by atoms with Crippen LogP contribution in [0.2, 0.25) is 0 Å². The van der Waals surface area contributed by atoms with Crippen molar-refractivity contribution in [2.75, 3.05) is 19.7 Å². The Balaban J connectivity index is 1.38. The van der Waals surface area contributed by atoms with E-state index >= 15 is 0 Å². The van der Waals surface area contributed by atoms with Gasteiger partial charge in [-0.3, -0.25) is 14.5 Å².